The minimum atomic E-state index is -0.427. The van der Waals surface area contributed by atoms with Crippen molar-refractivity contribution >= 4 is 0 Å². The molecule has 0 spiro atoms. The summed E-state index contributed by atoms with van der Waals surface area (Å²) in [7, 11) is 0. The minimum absolute atomic E-state index is 0.350. The van der Waals surface area contributed by atoms with Crippen molar-refractivity contribution in [1.29, 1.82) is 0 Å². The summed E-state index contributed by atoms with van der Waals surface area (Å²) in [5.41, 5.74) is 1.83. The van der Waals surface area contributed by atoms with Gasteiger partial charge in [0, 0.05) is 6.54 Å². The van der Waals surface area contributed by atoms with Crippen LogP contribution in [0.1, 0.15) is 37.0 Å². The monoisotopic (exact) mass is 302 g/mol. The van der Waals surface area contributed by atoms with Crippen LogP contribution < -0.4 is 16.0 Å². The predicted molar refractivity (Wildman–Crippen MR) is 87.0 cm³/mol. The van der Waals surface area contributed by atoms with Gasteiger partial charge in [-0.2, -0.15) is 0 Å². The summed E-state index contributed by atoms with van der Waals surface area (Å²) in [6.45, 7) is 8.32. The molecule has 0 unspecified atom stereocenters. The van der Waals surface area contributed by atoms with E-state index in [1.807, 2.05) is 45.9 Å². The number of nitrogens with one attached hydrogen (secondary N) is 1. The molecule has 0 amide bonds. The second-order valence-corrected chi connectivity index (χ2v) is 5.47. The lowest BCUT2D eigenvalue weighted by molar-refractivity contribution is 0.403. The van der Waals surface area contributed by atoms with Gasteiger partial charge in [0.1, 0.15) is 5.75 Å². The van der Waals surface area contributed by atoms with E-state index in [1.165, 1.54) is 4.57 Å². The number of hydrogen-bond donors (Lipinski definition) is 1. The Morgan fingerprint density at radius 1 is 1.09 bits per heavy atom. The third-order valence-electron chi connectivity index (χ3n) is 3.45. The maximum absolute atomic E-state index is 12.1. The van der Waals surface area contributed by atoms with Crippen LogP contribution >= 0.6 is 0 Å². The van der Waals surface area contributed by atoms with Crippen molar-refractivity contribution in [3.63, 3.8) is 0 Å². The van der Waals surface area contributed by atoms with Crippen molar-refractivity contribution < 1.29 is 4.74 Å². The van der Waals surface area contributed by atoms with Crippen molar-refractivity contribution in [1.82, 2.24) is 9.55 Å². The smallest absolute Gasteiger partial charge is 0.331 e. The van der Waals surface area contributed by atoms with E-state index in [0.29, 0.717) is 30.2 Å². The van der Waals surface area contributed by atoms with Crippen LogP contribution in [0.25, 0.3) is 0 Å². The Morgan fingerprint density at radius 2 is 1.73 bits per heavy atom. The molecule has 0 radical (unpaired) electrons. The predicted octanol–water partition coefficient (Wildman–Crippen LogP) is 2.92. The average molecular weight is 302 g/mol. The highest BCUT2D eigenvalue weighted by atomic mass is 16.5. The topological polar surface area (TPSA) is 64.1 Å². The van der Waals surface area contributed by atoms with E-state index in [-0.39, 0.29) is 5.56 Å². The van der Waals surface area contributed by atoms with E-state index in [4.69, 9.17) is 4.74 Å². The van der Waals surface area contributed by atoms with Crippen LogP contribution in [-0.4, -0.2) is 9.55 Å². The zero-order valence-electron chi connectivity index (χ0n) is 13.5. The Labute approximate surface area is 129 Å². The van der Waals surface area contributed by atoms with E-state index in [9.17, 15) is 9.59 Å². The first-order chi connectivity index (χ1) is 10.5. The van der Waals surface area contributed by atoms with Crippen molar-refractivity contribution in [3.05, 3.63) is 55.7 Å². The largest absolute Gasteiger partial charge is 0.440 e. The van der Waals surface area contributed by atoms with Gasteiger partial charge in [0.25, 0.3) is 5.56 Å². The molecule has 0 atom stereocenters. The fourth-order valence-corrected chi connectivity index (χ4v) is 2.55. The summed E-state index contributed by atoms with van der Waals surface area (Å²) in [4.78, 5) is 26.5. The van der Waals surface area contributed by atoms with Crippen LogP contribution in [-0.2, 0) is 13.0 Å². The van der Waals surface area contributed by atoms with Crippen molar-refractivity contribution in [2.24, 2.45) is 0 Å². The summed E-state index contributed by atoms with van der Waals surface area (Å²) in [5.74, 6) is 0.991. The fourth-order valence-electron chi connectivity index (χ4n) is 2.55. The summed E-state index contributed by atoms with van der Waals surface area (Å²) in [5, 5.41) is 0. The van der Waals surface area contributed by atoms with Gasteiger partial charge in [-0.25, -0.2) is 4.79 Å². The van der Waals surface area contributed by atoms with Gasteiger partial charge in [0.2, 0.25) is 5.88 Å². The Morgan fingerprint density at radius 3 is 2.27 bits per heavy atom. The van der Waals surface area contributed by atoms with Gasteiger partial charge in [0.05, 0.1) is 5.56 Å². The first-order valence-electron chi connectivity index (χ1n) is 7.58. The lowest BCUT2D eigenvalue weighted by atomic mass is 10.1. The van der Waals surface area contributed by atoms with Crippen LogP contribution in [0.3, 0.4) is 0 Å². The Hall–Kier alpha value is -2.30. The summed E-state index contributed by atoms with van der Waals surface area (Å²) in [6, 6.07) is 5.84. The molecule has 1 heterocycles. The Bertz CT molecular complexity index is 767. The van der Waals surface area contributed by atoms with E-state index in [1.54, 1.807) is 0 Å². The molecule has 2 rings (SSSR count). The molecule has 1 aromatic carbocycles. The molecule has 0 aliphatic rings. The third-order valence-corrected chi connectivity index (χ3v) is 3.45. The Balaban J connectivity index is 2.61. The molecular weight excluding hydrogens is 280 g/mol. The first-order valence-corrected chi connectivity index (χ1v) is 7.58. The molecule has 0 saturated heterocycles. The van der Waals surface area contributed by atoms with Crippen molar-refractivity contribution in [3.8, 4) is 11.6 Å². The molecule has 22 heavy (non-hydrogen) atoms. The normalized spacial score (nSPS) is 10.7. The van der Waals surface area contributed by atoms with Crippen LogP contribution in [0.4, 0.5) is 0 Å². The fraction of sp³-hybridized carbons (Fsp3) is 0.412. The maximum Gasteiger partial charge on any atom is 0.331 e. The highest BCUT2D eigenvalue weighted by molar-refractivity contribution is 5.37. The van der Waals surface area contributed by atoms with E-state index in [2.05, 4.69) is 4.98 Å². The quantitative estimate of drug-likeness (QED) is 0.923. The molecule has 118 valence electrons. The first kappa shape index (κ1) is 16.1. The summed E-state index contributed by atoms with van der Waals surface area (Å²) in [6.07, 6.45) is 1.28. The Kier molecular flexibility index (Phi) is 4.85. The van der Waals surface area contributed by atoms with E-state index in [0.717, 1.165) is 17.5 Å². The second kappa shape index (κ2) is 6.64. The molecule has 2 aromatic rings. The lowest BCUT2D eigenvalue weighted by Gasteiger charge is -2.16. The van der Waals surface area contributed by atoms with Gasteiger partial charge >= 0.3 is 5.69 Å². The molecule has 1 aromatic heterocycles. The van der Waals surface area contributed by atoms with Gasteiger partial charge in [-0.15, -0.1) is 0 Å². The number of nitrogens with zero attached hydrogens (tertiary/aromatic N) is 1. The molecule has 5 heteroatoms. The van der Waals surface area contributed by atoms with Crippen LogP contribution in [0.2, 0.25) is 0 Å². The zero-order valence-corrected chi connectivity index (χ0v) is 13.5. The molecule has 1 N–H and O–H groups in total. The molecule has 0 bridgehead atoms. The molecule has 0 aliphatic heterocycles. The van der Waals surface area contributed by atoms with Crippen molar-refractivity contribution in [2.45, 2.75) is 47.1 Å². The van der Waals surface area contributed by atoms with Crippen LogP contribution in [0.15, 0.2) is 27.8 Å². The highest BCUT2D eigenvalue weighted by Gasteiger charge is 2.15. The summed E-state index contributed by atoms with van der Waals surface area (Å²) < 4.78 is 7.45. The number of H-pyrrole nitrogens is 1. The number of aryl methyl sites for hydroxylation is 2. The lowest BCUT2D eigenvalue weighted by Crippen LogP contribution is -2.33. The zero-order chi connectivity index (χ0) is 16.3. The maximum atomic E-state index is 12.1. The average Bonchev–Trinajstić information content (AvgIpc) is 2.42. The van der Waals surface area contributed by atoms with Gasteiger partial charge in [-0.05, 0) is 49.9 Å². The molecular formula is C17H22N2O3. The van der Waals surface area contributed by atoms with Crippen molar-refractivity contribution in [2.75, 3.05) is 0 Å². The van der Waals surface area contributed by atoms with Gasteiger partial charge in [-0.1, -0.05) is 19.9 Å². The van der Waals surface area contributed by atoms with Gasteiger partial charge in [0.15, 0.2) is 0 Å². The SMILES string of the molecule is CCCn1c(Oc2cc(C)cc(C)c2)c(CC)c(=O)[nH]c1=O. The molecule has 0 saturated carbocycles. The number of benzene rings is 1. The number of rotatable bonds is 5. The number of aromatic amines is 1. The number of ether oxygens (including phenoxy) is 1. The molecule has 0 aliphatic carbocycles. The van der Waals surface area contributed by atoms with Gasteiger partial charge < -0.3 is 4.74 Å². The highest BCUT2D eigenvalue weighted by Crippen LogP contribution is 2.25. The number of aromatic nitrogens is 2. The summed E-state index contributed by atoms with van der Waals surface area (Å²) >= 11 is 0. The third kappa shape index (κ3) is 3.30. The standard InChI is InChI=1S/C17H22N2O3/c1-5-7-19-16(14(6-2)15(20)18-17(19)21)22-13-9-11(3)8-12(4)10-13/h8-10H,5-7H2,1-4H3,(H,18,20,21). The van der Waals surface area contributed by atoms with E-state index < -0.39 is 5.69 Å². The van der Waals surface area contributed by atoms with Crippen LogP contribution in [0.5, 0.6) is 11.6 Å². The van der Waals surface area contributed by atoms with Gasteiger partial charge in [-0.3, -0.25) is 14.3 Å². The second-order valence-electron chi connectivity index (χ2n) is 5.47. The molecule has 5 nitrogen and oxygen atoms in total. The van der Waals surface area contributed by atoms with Crippen LogP contribution in [0, 0.1) is 13.8 Å². The molecule has 0 fully saturated rings. The number of hydrogen-bond acceptors (Lipinski definition) is 3. The minimum Gasteiger partial charge on any atom is -0.440 e. The van der Waals surface area contributed by atoms with E-state index >= 15 is 0 Å².